The molecule has 1 aromatic heterocycles. The minimum absolute atomic E-state index is 0.0224. The Bertz CT molecular complexity index is 1420. The number of rotatable bonds is 12. The molecule has 4 aromatic rings. The van der Waals surface area contributed by atoms with Crippen molar-refractivity contribution in [3.63, 3.8) is 0 Å². The van der Waals surface area contributed by atoms with Gasteiger partial charge >= 0.3 is 0 Å². The molecule has 7 nitrogen and oxygen atoms in total. The maximum absolute atomic E-state index is 13.5. The summed E-state index contributed by atoms with van der Waals surface area (Å²) in [6.45, 7) is 7.48. The second-order valence-corrected chi connectivity index (χ2v) is 9.53. The number of fused-ring (bicyclic) bond motifs is 1. The van der Waals surface area contributed by atoms with Gasteiger partial charge in [0.05, 0.1) is 24.8 Å². The molecular weight excluding hydrogens is 490 g/mol. The summed E-state index contributed by atoms with van der Waals surface area (Å²) in [7, 11) is 0. The van der Waals surface area contributed by atoms with Crippen LogP contribution in [0.1, 0.15) is 53.5 Å². The van der Waals surface area contributed by atoms with Gasteiger partial charge in [-0.3, -0.25) is 9.59 Å². The van der Waals surface area contributed by atoms with Crippen molar-refractivity contribution < 1.29 is 19.4 Å². The maximum atomic E-state index is 13.5. The first-order valence-electron chi connectivity index (χ1n) is 13.6. The van der Waals surface area contributed by atoms with E-state index < -0.39 is 6.04 Å². The van der Waals surface area contributed by atoms with E-state index in [9.17, 15) is 14.7 Å². The Morgan fingerprint density at radius 2 is 1.74 bits per heavy atom. The average molecular weight is 528 g/mol. The Morgan fingerprint density at radius 3 is 2.49 bits per heavy atom. The number of hydrogen-bond acceptors (Lipinski definition) is 4. The van der Waals surface area contributed by atoms with Crippen LogP contribution in [0.4, 0.5) is 0 Å². The smallest absolute Gasteiger partial charge is 0.255 e. The molecular formula is C32H37N3O4. The minimum Gasteiger partial charge on any atom is -0.493 e. The van der Waals surface area contributed by atoms with Crippen LogP contribution in [-0.4, -0.2) is 59.1 Å². The fraction of sp³-hybridized carbons (Fsp3) is 0.312. The number of ether oxygens (including phenoxy) is 1. The summed E-state index contributed by atoms with van der Waals surface area (Å²) in [5, 5.41) is 14.2. The molecule has 0 saturated heterocycles. The highest BCUT2D eigenvalue weighted by molar-refractivity contribution is 5.99. The number of aliphatic hydroxyl groups is 1. The molecule has 2 amide bonds. The van der Waals surface area contributed by atoms with E-state index in [0.717, 1.165) is 34.0 Å². The first-order chi connectivity index (χ1) is 19.0. The predicted molar refractivity (Wildman–Crippen MR) is 155 cm³/mol. The number of nitrogens with one attached hydrogen (secondary N) is 2. The van der Waals surface area contributed by atoms with Crippen LogP contribution in [0, 0.1) is 0 Å². The highest BCUT2D eigenvalue weighted by Gasteiger charge is 2.20. The van der Waals surface area contributed by atoms with Gasteiger partial charge in [0, 0.05) is 35.8 Å². The topological polar surface area (TPSA) is 94.7 Å². The molecule has 0 aliphatic carbocycles. The summed E-state index contributed by atoms with van der Waals surface area (Å²) in [6.07, 6.45) is 3.20. The summed E-state index contributed by atoms with van der Waals surface area (Å²) >= 11 is 0. The molecule has 1 atom stereocenters. The normalized spacial score (nSPS) is 11.8. The molecule has 3 N–H and O–H groups in total. The van der Waals surface area contributed by atoms with Gasteiger partial charge in [0.1, 0.15) is 5.75 Å². The lowest BCUT2D eigenvalue weighted by atomic mass is 9.99. The number of aromatic amines is 1. The molecule has 0 saturated carbocycles. The number of H-pyrrole nitrogens is 1. The second kappa shape index (κ2) is 13.1. The van der Waals surface area contributed by atoms with Gasteiger partial charge in [0.25, 0.3) is 11.8 Å². The fourth-order valence-electron chi connectivity index (χ4n) is 4.74. The van der Waals surface area contributed by atoms with E-state index in [1.54, 1.807) is 17.0 Å². The standard InChI is InChI=1S/C32H37N3O4/c1-4-16-39-30-15-14-23(22-10-9-11-24(17-22)32(38)35(5-2)6-3)19-28(30)31(37)34-26(21-36)18-25-20-33-29-13-8-7-12-27(25)29/h7-15,17,19-20,26,33,36H,4-6,16,18,21H2,1-3H3,(H,34,37)/t26-/m1/s1. The molecule has 4 rings (SSSR count). The van der Waals surface area contributed by atoms with E-state index >= 15 is 0 Å². The first-order valence-corrected chi connectivity index (χ1v) is 13.6. The molecule has 0 unspecified atom stereocenters. The molecule has 0 fully saturated rings. The third-order valence-electron chi connectivity index (χ3n) is 6.88. The number of aliphatic hydroxyl groups excluding tert-OH is 1. The maximum Gasteiger partial charge on any atom is 0.255 e. The van der Waals surface area contributed by atoms with Gasteiger partial charge in [-0.05, 0) is 73.7 Å². The number of amides is 2. The van der Waals surface area contributed by atoms with Crippen molar-refractivity contribution >= 4 is 22.7 Å². The molecule has 7 heteroatoms. The van der Waals surface area contributed by atoms with Crippen molar-refractivity contribution in [2.45, 2.75) is 39.7 Å². The van der Waals surface area contributed by atoms with Crippen LogP contribution in [-0.2, 0) is 6.42 Å². The predicted octanol–water partition coefficient (Wildman–Crippen LogP) is 5.44. The van der Waals surface area contributed by atoms with Gasteiger partial charge in [-0.15, -0.1) is 0 Å². The summed E-state index contributed by atoms with van der Waals surface area (Å²) in [5.41, 5.74) is 4.67. The van der Waals surface area contributed by atoms with E-state index in [2.05, 4.69) is 10.3 Å². The van der Waals surface area contributed by atoms with E-state index in [1.807, 2.05) is 81.6 Å². The van der Waals surface area contributed by atoms with Crippen molar-refractivity contribution in [2.75, 3.05) is 26.3 Å². The Balaban J connectivity index is 1.61. The Hall–Kier alpha value is -4.10. The van der Waals surface area contributed by atoms with E-state index in [-0.39, 0.29) is 18.4 Å². The van der Waals surface area contributed by atoms with Crippen LogP contribution in [0.15, 0.2) is 72.9 Å². The fourth-order valence-corrected chi connectivity index (χ4v) is 4.74. The van der Waals surface area contributed by atoms with Crippen LogP contribution in [0.25, 0.3) is 22.0 Å². The van der Waals surface area contributed by atoms with Crippen LogP contribution in [0.3, 0.4) is 0 Å². The summed E-state index contributed by atoms with van der Waals surface area (Å²) in [6, 6.07) is 20.4. The quantitative estimate of drug-likeness (QED) is 0.229. The lowest BCUT2D eigenvalue weighted by Gasteiger charge is -2.19. The Labute approximate surface area is 229 Å². The monoisotopic (exact) mass is 527 g/mol. The zero-order chi connectivity index (χ0) is 27.8. The summed E-state index contributed by atoms with van der Waals surface area (Å²) in [5.74, 6) is 0.139. The zero-order valence-corrected chi connectivity index (χ0v) is 22.9. The van der Waals surface area contributed by atoms with E-state index in [1.165, 1.54) is 0 Å². The molecule has 0 aliphatic heterocycles. The number of aromatic nitrogens is 1. The van der Waals surface area contributed by atoms with E-state index in [4.69, 9.17) is 4.74 Å². The third kappa shape index (κ3) is 6.49. The van der Waals surface area contributed by atoms with Crippen LogP contribution in [0.2, 0.25) is 0 Å². The SMILES string of the molecule is CCCOc1ccc(-c2cccc(C(=O)N(CC)CC)c2)cc1C(=O)N[C@@H](CO)Cc1c[nH]c2ccccc12. The Morgan fingerprint density at radius 1 is 0.974 bits per heavy atom. The van der Waals surface area contributed by atoms with Gasteiger partial charge in [-0.25, -0.2) is 0 Å². The molecule has 0 aliphatic rings. The third-order valence-corrected chi connectivity index (χ3v) is 6.88. The van der Waals surface area contributed by atoms with Gasteiger partial charge in [-0.1, -0.05) is 43.3 Å². The number of carbonyl (C=O) groups is 2. The number of hydrogen-bond donors (Lipinski definition) is 3. The number of benzene rings is 3. The molecule has 0 spiro atoms. The van der Waals surface area contributed by atoms with Gasteiger partial charge in [0.2, 0.25) is 0 Å². The lowest BCUT2D eigenvalue weighted by molar-refractivity contribution is 0.0772. The number of para-hydroxylation sites is 1. The second-order valence-electron chi connectivity index (χ2n) is 9.53. The van der Waals surface area contributed by atoms with E-state index in [0.29, 0.717) is 43.0 Å². The largest absolute Gasteiger partial charge is 0.493 e. The van der Waals surface area contributed by atoms with Crippen molar-refractivity contribution in [3.05, 3.63) is 89.6 Å². The average Bonchev–Trinajstić information content (AvgIpc) is 3.38. The molecule has 0 radical (unpaired) electrons. The molecule has 204 valence electrons. The minimum atomic E-state index is -0.477. The van der Waals surface area contributed by atoms with Crippen LogP contribution >= 0.6 is 0 Å². The van der Waals surface area contributed by atoms with Crippen molar-refractivity contribution in [1.82, 2.24) is 15.2 Å². The first kappa shape index (κ1) is 27.9. The Kier molecular flexibility index (Phi) is 9.39. The molecule has 1 heterocycles. The van der Waals surface area contributed by atoms with Crippen LogP contribution < -0.4 is 10.1 Å². The molecule has 0 bridgehead atoms. The van der Waals surface area contributed by atoms with Crippen molar-refractivity contribution in [1.29, 1.82) is 0 Å². The summed E-state index contributed by atoms with van der Waals surface area (Å²) in [4.78, 5) is 31.5. The molecule has 39 heavy (non-hydrogen) atoms. The summed E-state index contributed by atoms with van der Waals surface area (Å²) < 4.78 is 5.91. The lowest BCUT2D eigenvalue weighted by Crippen LogP contribution is -2.39. The number of carbonyl (C=O) groups excluding carboxylic acids is 2. The highest BCUT2D eigenvalue weighted by atomic mass is 16.5. The van der Waals surface area contributed by atoms with Gasteiger partial charge in [-0.2, -0.15) is 0 Å². The van der Waals surface area contributed by atoms with Crippen molar-refractivity contribution in [3.8, 4) is 16.9 Å². The molecule has 3 aromatic carbocycles. The van der Waals surface area contributed by atoms with Gasteiger partial charge < -0.3 is 25.0 Å². The number of nitrogens with zero attached hydrogens (tertiary/aromatic N) is 1. The zero-order valence-electron chi connectivity index (χ0n) is 22.9. The van der Waals surface area contributed by atoms with Gasteiger partial charge in [0.15, 0.2) is 0 Å². The highest BCUT2D eigenvalue weighted by Crippen LogP contribution is 2.28. The van der Waals surface area contributed by atoms with Crippen molar-refractivity contribution in [2.24, 2.45) is 0 Å². The van der Waals surface area contributed by atoms with Crippen LogP contribution in [0.5, 0.6) is 5.75 Å².